The van der Waals surface area contributed by atoms with Gasteiger partial charge in [-0.05, 0) is 43.4 Å². The molecule has 1 aliphatic carbocycles. The number of carbonyl (C=O) groups is 1. The number of nitrogens with zero attached hydrogens (tertiary/aromatic N) is 1. The maximum absolute atomic E-state index is 13.1. The zero-order chi connectivity index (χ0) is 20.3. The first-order valence-corrected chi connectivity index (χ1v) is 11.7. The molecule has 1 aromatic carbocycles. The molecule has 29 heavy (non-hydrogen) atoms. The highest BCUT2D eigenvalue weighted by Gasteiger charge is 2.28. The minimum atomic E-state index is -3.55. The number of benzene rings is 1. The Kier molecular flexibility index (Phi) is 5.91. The Morgan fingerprint density at radius 3 is 2.72 bits per heavy atom. The molecule has 1 fully saturated rings. The number of urea groups is 1. The SMILES string of the molecule is O=C(NCc1ccccc1S(=O)(=O)N1CCCCC1)N[C@@H]1CCCc2occc21. The molecule has 2 N–H and O–H groups in total. The molecule has 8 heteroatoms. The van der Waals surface area contributed by atoms with Crippen LogP contribution < -0.4 is 10.6 Å². The van der Waals surface area contributed by atoms with Crippen molar-refractivity contribution >= 4 is 16.1 Å². The Bertz CT molecular complexity index is 964. The van der Waals surface area contributed by atoms with Gasteiger partial charge in [-0.25, -0.2) is 13.2 Å². The van der Waals surface area contributed by atoms with Crippen LogP contribution >= 0.6 is 0 Å². The molecule has 1 aromatic heterocycles. The molecule has 0 saturated carbocycles. The van der Waals surface area contributed by atoms with Crippen molar-refractivity contribution < 1.29 is 17.6 Å². The third-order valence-corrected chi connectivity index (χ3v) is 7.70. The highest BCUT2D eigenvalue weighted by molar-refractivity contribution is 7.89. The van der Waals surface area contributed by atoms with Crippen molar-refractivity contribution in [1.29, 1.82) is 0 Å². The Labute approximate surface area is 171 Å². The number of aryl methyl sites for hydroxylation is 1. The van der Waals surface area contributed by atoms with Crippen LogP contribution in [-0.2, 0) is 23.0 Å². The van der Waals surface area contributed by atoms with Crippen LogP contribution in [0.3, 0.4) is 0 Å². The van der Waals surface area contributed by atoms with Crippen LogP contribution in [0.1, 0.15) is 55.0 Å². The van der Waals surface area contributed by atoms with Gasteiger partial charge in [-0.3, -0.25) is 0 Å². The van der Waals surface area contributed by atoms with Crippen molar-refractivity contribution in [3.05, 3.63) is 53.5 Å². The highest BCUT2D eigenvalue weighted by Crippen LogP contribution is 2.30. The summed E-state index contributed by atoms with van der Waals surface area (Å²) in [6.45, 7) is 1.26. The number of hydrogen-bond donors (Lipinski definition) is 2. The fraction of sp³-hybridized carbons (Fsp3) is 0.476. The predicted molar refractivity (Wildman–Crippen MR) is 109 cm³/mol. The van der Waals surface area contributed by atoms with E-state index in [9.17, 15) is 13.2 Å². The monoisotopic (exact) mass is 417 g/mol. The van der Waals surface area contributed by atoms with Gasteiger partial charge in [0.15, 0.2) is 0 Å². The van der Waals surface area contributed by atoms with Gasteiger partial charge in [0.05, 0.1) is 17.2 Å². The fourth-order valence-electron chi connectivity index (χ4n) is 4.17. The molecule has 0 radical (unpaired) electrons. The maximum atomic E-state index is 13.1. The number of sulfonamides is 1. The van der Waals surface area contributed by atoms with E-state index in [0.29, 0.717) is 18.7 Å². The summed E-state index contributed by atoms with van der Waals surface area (Å²) in [5.41, 5.74) is 1.63. The van der Waals surface area contributed by atoms with Crippen molar-refractivity contribution in [2.45, 2.75) is 56.0 Å². The molecule has 7 nitrogen and oxygen atoms in total. The minimum Gasteiger partial charge on any atom is -0.469 e. The lowest BCUT2D eigenvalue weighted by Crippen LogP contribution is -2.39. The molecule has 2 aliphatic rings. The molecule has 4 rings (SSSR count). The number of fused-ring (bicyclic) bond motifs is 1. The van der Waals surface area contributed by atoms with Gasteiger partial charge < -0.3 is 15.1 Å². The number of furan rings is 1. The number of hydrogen-bond acceptors (Lipinski definition) is 4. The van der Waals surface area contributed by atoms with E-state index < -0.39 is 10.0 Å². The van der Waals surface area contributed by atoms with E-state index >= 15 is 0 Å². The molecular weight excluding hydrogens is 390 g/mol. The van der Waals surface area contributed by atoms with Crippen LogP contribution in [0.5, 0.6) is 0 Å². The Balaban J connectivity index is 1.42. The van der Waals surface area contributed by atoms with E-state index in [1.807, 2.05) is 6.07 Å². The summed E-state index contributed by atoms with van der Waals surface area (Å²) in [4.78, 5) is 12.7. The van der Waals surface area contributed by atoms with Crippen LogP contribution in [0.4, 0.5) is 4.79 Å². The number of carbonyl (C=O) groups excluding carboxylic acids is 1. The predicted octanol–water partition coefficient (Wildman–Crippen LogP) is 3.33. The minimum absolute atomic E-state index is 0.0789. The number of rotatable bonds is 5. The third kappa shape index (κ3) is 4.33. The molecule has 1 saturated heterocycles. The average Bonchev–Trinajstić information content (AvgIpc) is 3.23. The van der Waals surface area contributed by atoms with E-state index in [4.69, 9.17) is 4.42 Å². The first-order chi connectivity index (χ1) is 14.1. The van der Waals surface area contributed by atoms with Crippen molar-refractivity contribution in [2.24, 2.45) is 0 Å². The molecule has 2 amide bonds. The quantitative estimate of drug-likeness (QED) is 0.781. The summed E-state index contributed by atoms with van der Waals surface area (Å²) in [7, 11) is -3.55. The summed E-state index contributed by atoms with van der Waals surface area (Å²) >= 11 is 0. The summed E-state index contributed by atoms with van der Waals surface area (Å²) in [5, 5.41) is 5.80. The molecular formula is C21H27N3O4S. The maximum Gasteiger partial charge on any atom is 0.315 e. The molecule has 0 spiro atoms. The second-order valence-electron chi connectivity index (χ2n) is 7.64. The summed E-state index contributed by atoms with van der Waals surface area (Å²) in [6.07, 6.45) is 7.21. The molecule has 1 atom stereocenters. The van der Waals surface area contributed by atoms with Gasteiger partial charge in [0.1, 0.15) is 5.76 Å². The Morgan fingerprint density at radius 2 is 1.90 bits per heavy atom. The molecule has 0 unspecified atom stereocenters. The van der Waals surface area contributed by atoms with Crippen molar-refractivity contribution in [1.82, 2.24) is 14.9 Å². The smallest absolute Gasteiger partial charge is 0.315 e. The molecule has 2 aromatic rings. The number of amides is 2. The summed E-state index contributed by atoms with van der Waals surface area (Å²) < 4.78 is 33.1. The normalized spacial score (nSPS) is 20.1. The largest absolute Gasteiger partial charge is 0.469 e. The standard InChI is InChI=1S/C21H27N3O4S/c25-21(23-18-8-6-9-19-17(18)11-14-28-19)22-15-16-7-2-3-10-20(16)29(26,27)24-12-4-1-5-13-24/h2-3,7,10-11,14,18H,1,4-6,8-9,12-13,15H2,(H2,22,23,25)/t18-/m1/s1. The first kappa shape index (κ1) is 20.0. The lowest BCUT2D eigenvalue weighted by Gasteiger charge is -2.27. The topological polar surface area (TPSA) is 91.7 Å². The lowest BCUT2D eigenvalue weighted by molar-refractivity contribution is 0.234. The van der Waals surface area contributed by atoms with Crippen molar-refractivity contribution in [2.75, 3.05) is 13.1 Å². The second-order valence-corrected chi connectivity index (χ2v) is 9.55. The zero-order valence-electron chi connectivity index (χ0n) is 16.4. The Morgan fingerprint density at radius 1 is 1.10 bits per heavy atom. The van der Waals surface area contributed by atoms with Gasteiger partial charge in [0, 0.05) is 31.6 Å². The van der Waals surface area contributed by atoms with Crippen molar-refractivity contribution in [3.63, 3.8) is 0 Å². The van der Waals surface area contributed by atoms with Crippen LogP contribution in [0.15, 0.2) is 45.9 Å². The summed E-state index contributed by atoms with van der Waals surface area (Å²) in [5.74, 6) is 0.930. The molecule has 2 heterocycles. The third-order valence-electron chi connectivity index (χ3n) is 5.70. The number of piperidine rings is 1. The van der Waals surface area contributed by atoms with Gasteiger partial charge in [-0.15, -0.1) is 0 Å². The number of nitrogens with one attached hydrogen (secondary N) is 2. The van der Waals surface area contributed by atoms with Gasteiger partial charge >= 0.3 is 6.03 Å². The van der Waals surface area contributed by atoms with Crippen LogP contribution in [0, 0.1) is 0 Å². The molecule has 1 aliphatic heterocycles. The van der Waals surface area contributed by atoms with E-state index in [1.54, 1.807) is 34.8 Å². The first-order valence-electron chi connectivity index (χ1n) is 10.2. The van der Waals surface area contributed by atoms with E-state index in [2.05, 4.69) is 10.6 Å². The summed E-state index contributed by atoms with van der Waals surface area (Å²) in [6, 6.07) is 8.41. The van der Waals surface area contributed by atoms with Crippen molar-refractivity contribution in [3.8, 4) is 0 Å². The van der Waals surface area contributed by atoms with E-state index in [0.717, 1.165) is 49.8 Å². The molecule has 0 bridgehead atoms. The highest BCUT2D eigenvalue weighted by atomic mass is 32.2. The van der Waals surface area contributed by atoms with Crippen LogP contribution in [0.25, 0.3) is 0 Å². The lowest BCUT2D eigenvalue weighted by atomic mass is 9.93. The van der Waals surface area contributed by atoms with Gasteiger partial charge in [0.2, 0.25) is 10.0 Å². The van der Waals surface area contributed by atoms with E-state index in [1.165, 1.54) is 0 Å². The van der Waals surface area contributed by atoms with E-state index in [-0.39, 0.29) is 23.5 Å². The second kappa shape index (κ2) is 8.59. The van der Waals surface area contributed by atoms with Gasteiger partial charge in [-0.1, -0.05) is 24.6 Å². The zero-order valence-corrected chi connectivity index (χ0v) is 17.2. The fourth-order valence-corrected chi connectivity index (χ4v) is 5.91. The van der Waals surface area contributed by atoms with Crippen LogP contribution in [0.2, 0.25) is 0 Å². The molecule has 156 valence electrons. The average molecular weight is 418 g/mol. The Hall–Kier alpha value is -2.32. The van der Waals surface area contributed by atoms with Crippen LogP contribution in [-0.4, -0.2) is 31.8 Å². The van der Waals surface area contributed by atoms with Gasteiger partial charge in [-0.2, -0.15) is 4.31 Å². The van der Waals surface area contributed by atoms with Gasteiger partial charge in [0.25, 0.3) is 0 Å².